The maximum absolute atomic E-state index is 5.53. The molecule has 0 bridgehead atoms. The summed E-state index contributed by atoms with van der Waals surface area (Å²) >= 11 is 0. The molecule has 1 aromatic heterocycles. The van der Waals surface area contributed by atoms with Gasteiger partial charge in [-0.15, -0.1) is 0 Å². The van der Waals surface area contributed by atoms with Crippen molar-refractivity contribution in [3.63, 3.8) is 0 Å². The highest BCUT2D eigenvalue weighted by Crippen LogP contribution is 2.40. The van der Waals surface area contributed by atoms with E-state index in [2.05, 4.69) is 40.7 Å². The number of aryl methyl sites for hydroxylation is 1. The van der Waals surface area contributed by atoms with Crippen molar-refractivity contribution in [1.82, 2.24) is 9.78 Å². The molecular formula is C18H17N3O. The van der Waals surface area contributed by atoms with Crippen LogP contribution in [0.15, 0.2) is 54.6 Å². The molecule has 22 heavy (non-hydrogen) atoms. The smallest absolute Gasteiger partial charge is 0.150 e. The lowest BCUT2D eigenvalue weighted by Gasteiger charge is -2.30. The van der Waals surface area contributed by atoms with Gasteiger partial charge in [0.25, 0.3) is 0 Å². The van der Waals surface area contributed by atoms with Gasteiger partial charge in [0.15, 0.2) is 6.17 Å². The number of methoxy groups -OCH3 is 1. The summed E-state index contributed by atoms with van der Waals surface area (Å²) in [7, 11) is 1.70. The van der Waals surface area contributed by atoms with Gasteiger partial charge in [0.1, 0.15) is 5.75 Å². The number of anilines is 1. The number of fused-ring (bicyclic) bond motifs is 3. The predicted octanol–water partition coefficient (Wildman–Crippen LogP) is 3.84. The molecule has 0 saturated heterocycles. The maximum Gasteiger partial charge on any atom is 0.150 e. The Morgan fingerprint density at radius 1 is 1.09 bits per heavy atom. The quantitative estimate of drug-likeness (QED) is 0.779. The molecule has 1 atom stereocenters. The molecule has 4 nitrogen and oxygen atoms in total. The van der Waals surface area contributed by atoms with Crippen LogP contribution >= 0.6 is 0 Å². The molecular weight excluding hydrogens is 274 g/mol. The van der Waals surface area contributed by atoms with Crippen LogP contribution < -0.4 is 10.1 Å². The minimum atomic E-state index is -0.0743. The van der Waals surface area contributed by atoms with Crippen LogP contribution in [0.4, 0.5) is 5.69 Å². The van der Waals surface area contributed by atoms with E-state index in [0.717, 1.165) is 28.4 Å². The van der Waals surface area contributed by atoms with Crippen molar-refractivity contribution in [1.29, 1.82) is 0 Å². The lowest BCUT2D eigenvalue weighted by atomic mass is 10.0. The average Bonchev–Trinajstić information content (AvgIpc) is 2.96. The van der Waals surface area contributed by atoms with Crippen LogP contribution in [0.3, 0.4) is 0 Å². The van der Waals surface area contributed by atoms with Gasteiger partial charge in [0.2, 0.25) is 0 Å². The number of hydrogen-bond donors (Lipinski definition) is 1. The van der Waals surface area contributed by atoms with Gasteiger partial charge in [-0.1, -0.05) is 36.4 Å². The highest BCUT2D eigenvalue weighted by molar-refractivity contribution is 5.78. The van der Waals surface area contributed by atoms with Crippen molar-refractivity contribution in [3.05, 3.63) is 65.9 Å². The van der Waals surface area contributed by atoms with Gasteiger partial charge in [0, 0.05) is 16.8 Å². The lowest BCUT2D eigenvalue weighted by molar-refractivity contribution is 0.401. The van der Waals surface area contributed by atoms with Crippen LogP contribution in [0.1, 0.15) is 17.4 Å². The zero-order valence-corrected chi connectivity index (χ0v) is 12.6. The van der Waals surface area contributed by atoms with Gasteiger partial charge in [-0.2, -0.15) is 5.10 Å². The molecule has 4 heteroatoms. The number of aromatic nitrogens is 2. The molecule has 0 unspecified atom stereocenters. The summed E-state index contributed by atoms with van der Waals surface area (Å²) in [5, 5.41) is 8.26. The Balaban J connectivity index is 1.93. The van der Waals surface area contributed by atoms with Crippen molar-refractivity contribution in [2.75, 3.05) is 12.4 Å². The maximum atomic E-state index is 5.53. The standard InChI is InChI=1S/C18H17N3O/c1-12-11-16-13-7-3-5-9-15(13)19-18(21(16)20-12)14-8-4-6-10-17(14)22-2/h3-11,18-19H,1-2H3/t18-/m0/s1. The molecule has 2 heterocycles. The second kappa shape index (κ2) is 4.91. The Labute approximate surface area is 129 Å². The monoisotopic (exact) mass is 291 g/mol. The zero-order valence-electron chi connectivity index (χ0n) is 12.6. The Bertz CT molecular complexity index is 838. The fourth-order valence-electron chi connectivity index (χ4n) is 3.06. The van der Waals surface area contributed by atoms with E-state index in [4.69, 9.17) is 4.74 Å². The Morgan fingerprint density at radius 2 is 1.86 bits per heavy atom. The summed E-state index contributed by atoms with van der Waals surface area (Å²) in [6.07, 6.45) is -0.0743. The third-order valence-electron chi connectivity index (χ3n) is 4.03. The first-order valence-corrected chi connectivity index (χ1v) is 7.33. The first-order valence-electron chi connectivity index (χ1n) is 7.33. The molecule has 2 aromatic carbocycles. The van der Waals surface area contributed by atoms with Crippen molar-refractivity contribution < 1.29 is 4.74 Å². The Kier molecular flexibility index (Phi) is 2.89. The van der Waals surface area contributed by atoms with Crippen LogP contribution in [0, 0.1) is 6.92 Å². The van der Waals surface area contributed by atoms with Gasteiger partial charge in [0.05, 0.1) is 18.5 Å². The van der Waals surface area contributed by atoms with E-state index in [9.17, 15) is 0 Å². The number of rotatable bonds is 2. The zero-order chi connectivity index (χ0) is 15.1. The summed E-state index contributed by atoms with van der Waals surface area (Å²) in [4.78, 5) is 0. The number of nitrogens with zero attached hydrogens (tertiary/aromatic N) is 2. The molecule has 1 N–H and O–H groups in total. The van der Waals surface area contributed by atoms with E-state index < -0.39 is 0 Å². The van der Waals surface area contributed by atoms with E-state index in [1.165, 1.54) is 5.56 Å². The first-order chi connectivity index (χ1) is 10.8. The topological polar surface area (TPSA) is 39.1 Å². The van der Waals surface area contributed by atoms with Gasteiger partial charge < -0.3 is 10.1 Å². The van der Waals surface area contributed by atoms with Crippen molar-refractivity contribution in [2.45, 2.75) is 13.1 Å². The largest absolute Gasteiger partial charge is 0.496 e. The molecule has 0 amide bonds. The second-order valence-corrected chi connectivity index (χ2v) is 5.45. The minimum Gasteiger partial charge on any atom is -0.496 e. The highest BCUT2D eigenvalue weighted by atomic mass is 16.5. The summed E-state index contributed by atoms with van der Waals surface area (Å²) in [5.74, 6) is 0.860. The number of hydrogen-bond acceptors (Lipinski definition) is 3. The van der Waals surface area contributed by atoms with E-state index in [0.29, 0.717) is 0 Å². The molecule has 0 spiro atoms. The third kappa shape index (κ3) is 1.88. The molecule has 3 aromatic rings. The second-order valence-electron chi connectivity index (χ2n) is 5.45. The van der Waals surface area contributed by atoms with E-state index >= 15 is 0 Å². The molecule has 1 aliphatic heterocycles. The molecule has 0 saturated carbocycles. The highest BCUT2D eigenvalue weighted by Gasteiger charge is 2.27. The van der Waals surface area contributed by atoms with Crippen LogP contribution in [0.5, 0.6) is 5.75 Å². The fraction of sp³-hybridized carbons (Fsp3) is 0.167. The summed E-state index contributed by atoms with van der Waals surface area (Å²) in [6, 6.07) is 18.5. The lowest BCUT2D eigenvalue weighted by Crippen LogP contribution is -2.26. The van der Waals surface area contributed by atoms with E-state index in [-0.39, 0.29) is 6.17 Å². The Hall–Kier alpha value is -2.75. The first kappa shape index (κ1) is 13.0. The molecule has 0 aliphatic carbocycles. The minimum absolute atomic E-state index is 0.0743. The molecule has 0 fully saturated rings. The summed E-state index contributed by atoms with van der Waals surface area (Å²) in [6.45, 7) is 2.02. The van der Waals surface area contributed by atoms with Gasteiger partial charge in [-0.25, -0.2) is 4.68 Å². The molecule has 4 rings (SSSR count). The van der Waals surface area contributed by atoms with Gasteiger partial charge >= 0.3 is 0 Å². The average molecular weight is 291 g/mol. The summed E-state index contributed by atoms with van der Waals surface area (Å²) in [5.41, 5.74) is 5.50. The van der Waals surface area contributed by atoms with Crippen molar-refractivity contribution in [3.8, 4) is 17.0 Å². The van der Waals surface area contributed by atoms with Crippen molar-refractivity contribution >= 4 is 5.69 Å². The van der Waals surface area contributed by atoms with Crippen molar-refractivity contribution in [2.24, 2.45) is 0 Å². The third-order valence-corrected chi connectivity index (χ3v) is 4.03. The predicted molar refractivity (Wildman–Crippen MR) is 87.2 cm³/mol. The molecule has 110 valence electrons. The van der Waals surface area contributed by atoms with Gasteiger partial charge in [-0.05, 0) is 25.1 Å². The normalized spacial score (nSPS) is 15.6. The summed E-state index contributed by atoms with van der Waals surface area (Å²) < 4.78 is 7.56. The van der Waals surface area contributed by atoms with Gasteiger partial charge in [-0.3, -0.25) is 0 Å². The Morgan fingerprint density at radius 3 is 2.73 bits per heavy atom. The van der Waals surface area contributed by atoms with Crippen LogP contribution in [-0.4, -0.2) is 16.9 Å². The van der Waals surface area contributed by atoms with E-state index in [1.807, 2.05) is 35.9 Å². The number of para-hydroxylation sites is 2. The fourth-order valence-corrected chi connectivity index (χ4v) is 3.06. The number of nitrogens with one attached hydrogen (secondary N) is 1. The van der Waals surface area contributed by atoms with Crippen LogP contribution in [-0.2, 0) is 0 Å². The number of benzene rings is 2. The SMILES string of the molecule is COc1ccccc1[C@H]1Nc2ccccc2-c2cc(C)nn21. The number of ether oxygens (including phenoxy) is 1. The molecule has 1 aliphatic rings. The van der Waals surface area contributed by atoms with Crippen LogP contribution in [0.2, 0.25) is 0 Å². The van der Waals surface area contributed by atoms with Crippen LogP contribution in [0.25, 0.3) is 11.3 Å². The van der Waals surface area contributed by atoms with E-state index in [1.54, 1.807) is 7.11 Å². The molecule has 0 radical (unpaired) electrons.